The molecule has 0 aromatic carbocycles. The molecular formula is C10H13N5. The van der Waals surface area contributed by atoms with Gasteiger partial charge in [-0.15, -0.1) is 6.58 Å². The van der Waals surface area contributed by atoms with Crippen molar-refractivity contribution in [2.45, 2.75) is 19.3 Å². The highest BCUT2D eigenvalue weighted by atomic mass is 15.1. The number of fused-ring (bicyclic) bond motifs is 1. The van der Waals surface area contributed by atoms with E-state index in [1.54, 1.807) is 6.20 Å². The van der Waals surface area contributed by atoms with Crippen LogP contribution in [0.5, 0.6) is 0 Å². The molecule has 2 rings (SSSR count). The SMILES string of the molecule is C=CC(C)(C)c1ncc2[nH]c(N)nc2n1. The molecule has 2 aromatic rings. The quantitative estimate of drug-likeness (QED) is 0.723. The van der Waals surface area contributed by atoms with E-state index in [0.717, 1.165) is 5.52 Å². The molecule has 0 aliphatic rings. The van der Waals surface area contributed by atoms with E-state index in [1.807, 2.05) is 19.9 Å². The Bertz CT molecular complexity index is 512. The van der Waals surface area contributed by atoms with Crippen LogP contribution in [-0.2, 0) is 5.41 Å². The lowest BCUT2D eigenvalue weighted by molar-refractivity contribution is 0.619. The highest BCUT2D eigenvalue weighted by Crippen LogP contribution is 2.21. The van der Waals surface area contributed by atoms with E-state index in [2.05, 4.69) is 26.5 Å². The van der Waals surface area contributed by atoms with E-state index in [1.165, 1.54) is 0 Å². The lowest BCUT2D eigenvalue weighted by atomic mass is 9.93. The average Bonchev–Trinajstić information content (AvgIpc) is 2.56. The van der Waals surface area contributed by atoms with Crippen molar-refractivity contribution in [1.29, 1.82) is 0 Å². The van der Waals surface area contributed by atoms with Gasteiger partial charge in [0.15, 0.2) is 11.6 Å². The van der Waals surface area contributed by atoms with Gasteiger partial charge in [0.05, 0.1) is 6.20 Å². The minimum absolute atomic E-state index is 0.262. The van der Waals surface area contributed by atoms with Gasteiger partial charge in [0.1, 0.15) is 11.3 Å². The smallest absolute Gasteiger partial charge is 0.200 e. The summed E-state index contributed by atoms with van der Waals surface area (Å²) in [7, 11) is 0. The number of hydrogen-bond acceptors (Lipinski definition) is 4. The number of nitrogens with zero attached hydrogens (tertiary/aromatic N) is 3. The molecule has 78 valence electrons. The Morgan fingerprint density at radius 3 is 2.87 bits per heavy atom. The second-order valence-corrected chi connectivity index (χ2v) is 3.98. The number of hydrogen-bond donors (Lipinski definition) is 2. The fraction of sp³-hybridized carbons (Fsp3) is 0.300. The maximum Gasteiger partial charge on any atom is 0.200 e. The van der Waals surface area contributed by atoms with Crippen LogP contribution in [0.15, 0.2) is 18.9 Å². The molecule has 0 unspecified atom stereocenters. The Balaban J connectivity index is 2.60. The summed E-state index contributed by atoms with van der Waals surface area (Å²) in [6.45, 7) is 7.76. The molecule has 0 atom stereocenters. The summed E-state index contributed by atoms with van der Waals surface area (Å²) in [5.74, 6) is 1.05. The van der Waals surface area contributed by atoms with Crippen LogP contribution < -0.4 is 5.73 Å². The number of anilines is 1. The number of rotatable bonds is 2. The molecule has 0 radical (unpaired) electrons. The molecule has 0 saturated heterocycles. The van der Waals surface area contributed by atoms with Crippen molar-refractivity contribution >= 4 is 17.1 Å². The van der Waals surface area contributed by atoms with Crippen LogP contribution in [0.25, 0.3) is 11.2 Å². The summed E-state index contributed by atoms with van der Waals surface area (Å²) in [6, 6.07) is 0. The van der Waals surface area contributed by atoms with Crippen molar-refractivity contribution < 1.29 is 0 Å². The highest BCUT2D eigenvalue weighted by Gasteiger charge is 2.20. The van der Waals surface area contributed by atoms with Crippen LogP contribution in [0, 0.1) is 0 Å². The number of allylic oxidation sites excluding steroid dienone is 1. The van der Waals surface area contributed by atoms with Crippen molar-refractivity contribution in [3.63, 3.8) is 0 Å². The van der Waals surface area contributed by atoms with Gasteiger partial charge in [0.2, 0.25) is 0 Å². The van der Waals surface area contributed by atoms with Crippen LogP contribution in [0.2, 0.25) is 0 Å². The van der Waals surface area contributed by atoms with Gasteiger partial charge in [0, 0.05) is 5.41 Å². The molecule has 0 aliphatic carbocycles. The zero-order valence-electron chi connectivity index (χ0n) is 8.78. The summed E-state index contributed by atoms with van der Waals surface area (Å²) in [6.07, 6.45) is 3.50. The van der Waals surface area contributed by atoms with Crippen LogP contribution in [0.4, 0.5) is 5.95 Å². The number of nitrogens with one attached hydrogen (secondary N) is 1. The largest absolute Gasteiger partial charge is 0.369 e. The summed E-state index contributed by atoms with van der Waals surface area (Å²) >= 11 is 0. The van der Waals surface area contributed by atoms with Crippen molar-refractivity contribution in [3.8, 4) is 0 Å². The number of H-pyrrole nitrogens is 1. The molecule has 2 heterocycles. The van der Waals surface area contributed by atoms with Gasteiger partial charge in [-0.2, -0.15) is 4.98 Å². The minimum atomic E-state index is -0.262. The second-order valence-electron chi connectivity index (χ2n) is 3.98. The van der Waals surface area contributed by atoms with E-state index in [4.69, 9.17) is 5.73 Å². The normalized spacial score (nSPS) is 11.9. The monoisotopic (exact) mass is 203 g/mol. The third kappa shape index (κ3) is 1.56. The van der Waals surface area contributed by atoms with Crippen LogP contribution >= 0.6 is 0 Å². The fourth-order valence-electron chi connectivity index (χ4n) is 1.23. The highest BCUT2D eigenvalue weighted by molar-refractivity contribution is 5.71. The fourth-order valence-corrected chi connectivity index (χ4v) is 1.23. The predicted molar refractivity (Wildman–Crippen MR) is 59.3 cm³/mol. The number of aromatic amines is 1. The first kappa shape index (κ1) is 9.64. The van der Waals surface area contributed by atoms with E-state index in [0.29, 0.717) is 17.4 Å². The molecule has 5 nitrogen and oxygen atoms in total. The van der Waals surface area contributed by atoms with Crippen LogP contribution in [0.3, 0.4) is 0 Å². The minimum Gasteiger partial charge on any atom is -0.369 e. The predicted octanol–water partition coefficient (Wildman–Crippen LogP) is 1.40. The maximum atomic E-state index is 5.53. The van der Waals surface area contributed by atoms with Gasteiger partial charge in [-0.1, -0.05) is 6.08 Å². The van der Waals surface area contributed by atoms with Crippen LogP contribution in [-0.4, -0.2) is 19.9 Å². The molecule has 0 amide bonds. The van der Waals surface area contributed by atoms with Crippen LogP contribution in [0.1, 0.15) is 19.7 Å². The molecule has 0 spiro atoms. The molecule has 5 heteroatoms. The molecular weight excluding hydrogens is 190 g/mol. The Morgan fingerprint density at radius 2 is 2.20 bits per heavy atom. The zero-order chi connectivity index (χ0) is 11.1. The third-order valence-corrected chi connectivity index (χ3v) is 2.34. The van der Waals surface area contributed by atoms with Crippen molar-refractivity contribution in [2.24, 2.45) is 0 Å². The first-order valence-corrected chi connectivity index (χ1v) is 4.65. The Labute approximate surface area is 87.5 Å². The van der Waals surface area contributed by atoms with Crippen molar-refractivity contribution in [3.05, 3.63) is 24.7 Å². The molecule has 0 aliphatic heterocycles. The summed E-state index contributed by atoms with van der Waals surface area (Å²) in [5, 5.41) is 0. The molecule has 0 saturated carbocycles. The zero-order valence-corrected chi connectivity index (χ0v) is 8.78. The Morgan fingerprint density at radius 1 is 1.47 bits per heavy atom. The van der Waals surface area contributed by atoms with Gasteiger partial charge < -0.3 is 10.7 Å². The van der Waals surface area contributed by atoms with Gasteiger partial charge in [0.25, 0.3) is 0 Å². The lowest BCUT2D eigenvalue weighted by Crippen LogP contribution is -2.17. The molecule has 0 fully saturated rings. The molecule has 3 N–H and O–H groups in total. The van der Waals surface area contributed by atoms with E-state index >= 15 is 0 Å². The van der Waals surface area contributed by atoms with E-state index in [-0.39, 0.29) is 5.41 Å². The van der Waals surface area contributed by atoms with Crippen molar-refractivity contribution in [2.75, 3.05) is 5.73 Å². The van der Waals surface area contributed by atoms with Gasteiger partial charge in [-0.25, -0.2) is 9.97 Å². The molecule has 2 aromatic heterocycles. The second kappa shape index (κ2) is 3.05. The summed E-state index contributed by atoms with van der Waals surface area (Å²) in [5.41, 5.74) is 6.60. The van der Waals surface area contributed by atoms with Gasteiger partial charge >= 0.3 is 0 Å². The topological polar surface area (TPSA) is 80.5 Å². The third-order valence-electron chi connectivity index (χ3n) is 2.34. The standard InChI is InChI=1S/C10H13N5/c1-4-10(2,3)8-12-5-6-7(14-8)15-9(11)13-6/h4-5H,1H2,2-3H3,(H3,11,12,13,14,15). The molecule has 0 bridgehead atoms. The number of nitrogen functional groups attached to an aromatic ring is 1. The number of imidazole rings is 1. The van der Waals surface area contributed by atoms with Gasteiger partial charge in [-0.05, 0) is 13.8 Å². The number of aromatic nitrogens is 4. The average molecular weight is 203 g/mol. The number of nitrogens with two attached hydrogens (primary N) is 1. The Kier molecular flexibility index (Phi) is 1.96. The Hall–Kier alpha value is -1.91. The van der Waals surface area contributed by atoms with E-state index in [9.17, 15) is 0 Å². The van der Waals surface area contributed by atoms with E-state index < -0.39 is 0 Å². The maximum absolute atomic E-state index is 5.53. The van der Waals surface area contributed by atoms with Crippen molar-refractivity contribution in [1.82, 2.24) is 19.9 Å². The summed E-state index contributed by atoms with van der Waals surface area (Å²) in [4.78, 5) is 15.5. The lowest BCUT2D eigenvalue weighted by Gasteiger charge is -2.16. The first-order chi connectivity index (χ1) is 7.03. The summed E-state index contributed by atoms with van der Waals surface area (Å²) < 4.78 is 0. The molecule has 15 heavy (non-hydrogen) atoms. The van der Waals surface area contributed by atoms with Gasteiger partial charge in [-0.3, -0.25) is 0 Å². The first-order valence-electron chi connectivity index (χ1n) is 4.65.